The lowest BCUT2D eigenvalue weighted by Gasteiger charge is -2.23. The second kappa shape index (κ2) is 17.4. The lowest BCUT2D eigenvalue weighted by molar-refractivity contribution is 0.0991. The molecule has 2 nitrogen and oxygen atoms in total. The van der Waals surface area contributed by atoms with Crippen LogP contribution in [-0.2, 0) is 6.42 Å². The standard InChI is InChI=1S/C61H40F2O2/c1-39(40-13-5-2-6-14-40)58-54-34-29-47(37-55(54)52-19-11-12-20-53(52)56(58)38-57(64)43-25-30-48(62)31-26-43)60-51(42-21-23-45(24-22-42)61(65)46-27-32-49(63)33-28-46)36-35-50(41-15-7-3-8-16-41)59(60)44-17-9-4-10-18-44/h2-37H,1,38H2. The molecule has 0 radical (unpaired) electrons. The second-order valence-electron chi connectivity index (χ2n) is 16.2. The van der Waals surface area contributed by atoms with E-state index in [0.29, 0.717) is 16.7 Å². The fourth-order valence-electron chi connectivity index (χ4n) is 9.10. The molecular formula is C61H40F2O2. The number of ketones is 2. The van der Waals surface area contributed by atoms with E-state index in [1.54, 1.807) is 12.1 Å². The summed E-state index contributed by atoms with van der Waals surface area (Å²) in [4.78, 5) is 27.6. The van der Waals surface area contributed by atoms with Gasteiger partial charge >= 0.3 is 0 Å². The Bertz CT molecular complexity index is 3410. The summed E-state index contributed by atoms with van der Waals surface area (Å²) in [5.41, 5.74) is 13.0. The molecule has 0 aliphatic heterocycles. The van der Waals surface area contributed by atoms with Gasteiger partial charge in [-0.3, -0.25) is 9.59 Å². The summed E-state index contributed by atoms with van der Waals surface area (Å²) < 4.78 is 27.7. The molecule has 10 aromatic carbocycles. The maximum atomic E-state index is 14.1. The van der Waals surface area contributed by atoms with Crippen LogP contribution in [0.2, 0.25) is 0 Å². The first-order valence-corrected chi connectivity index (χ1v) is 21.5. The highest BCUT2D eigenvalue weighted by Crippen LogP contribution is 2.48. The van der Waals surface area contributed by atoms with Crippen LogP contribution in [0.5, 0.6) is 0 Å². The monoisotopic (exact) mass is 842 g/mol. The third kappa shape index (κ3) is 7.87. The van der Waals surface area contributed by atoms with Gasteiger partial charge in [0.25, 0.3) is 0 Å². The minimum Gasteiger partial charge on any atom is -0.294 e. The van der Waals surface area contributed by atoms with Crippen molar-refractivity contribution in [3.63, 3.8) is 0 Å². The van der Waals surface area contributed by atoms with Gasteiger partial charge in [0.2, 0.25) is 0 Å². The third-order valence-corrected chi connectivity index (χ3v) is 12.3. The van der Waals surface area contributed by atoms with E-state index in [9.17, 15) is 18.4 Å². The second-order valence-corrected chi connectivity index (χ2v) is 16.2. The number of carbonyl (C=O) groups is 2. The van der Waals surface area contributed by atoms with Crippen LogP contribution in [0.1, 0.15) is 43.0 Å². The molecule has 0 saturated carbocycles. The Balaban J connectivity index is 1.23. The van der Waals surface area contributed by atoms with Gasteiger partial charge in [0.1, 0.15) is 11.6 Å². The number of benzene rings is 10. The lowest BCUT2D eigenvalue weighted by atomic mass is 9.80. The number of hydrogen-bond acceptors (Lipinski definition) is 2. The number of Topliss-reactive ketones (excluding diaryl/α,β-unsaturated/α-hetero) is 1. The Morgan fingerprint density at radius 1 is 0.385 bits per heavy atom. The first-order chi connectivity index (χ1) is 31.8. The minimum atomic E-state index is -0.395. The van der Waals surface area contributed by atoms with Crippen LogP contribution in [0.4, 0.5) is 8.78 Å². The van der Waals surface area contributed by atoms with Gasteiger partial charge in [-0.25, -0.2) is 8.78 Å². The van der Waals surface area contributed by atoms with Crippen molar-refractivity contribution in [2.45, 2.75) is 6.42 Å². The molecule has 0 unspecified atom stereocenters. The highest BCUT2D eigenvalue weighted by atomic mass is 19.1. The maximum Gasteiger partial charge on any atom is 0.193 e. The van der Waals surface area contributed by atoms with E-state index >= 15 is 0 Å². The Kier molecular flexibility index (Phi) is 10.9. The summed E-state index contributed by atoms with van der Waals surface area (Å²) in [5.74, 6) is -1.09. The van der Waals surface area contributed by atoms with E-state index in [-0.39, 0.29) is 18.0 Å². The van der Waals surface area contributed by atoms with Gasteiger partial charge in [0.15, 0.2) is 11.6 Å². The molecule has 0 aliphatic carbocycles. The molecule has 0 saturated heterocycles. The molecule has 0 aliphatic rings. The van der Waals surface area contributed by atoms with Crippen LogP contribution in [-0.4, -0.2) is 11.6 Å². The number of fused-ring (bicyclic) bond motifs is 3. The SMILES string of the molecule is C=C(c1ccccc1)c1c(CC(=O)c2ccc(F)cc2)c2ccccc2c2cc(-c3c(-c4ccc(C(=O)c5ccc(F)cc5)cc4)ccc(-c4ccccc4)c3-c3ccccc3)ccc12. The molecule has 0 spiro atoms. The average Bonchev–Trinajstić information content (AvgIpc) is 3.36. The van der Waals surface area contributed by atoms with Gasteiger partial charge in [-0.15, -0.1) is 0 Å². The first kappa shape index (κ1) is 40.7. The Morgan fingerprint density at radius 3 is 1.45 bits per heavy atom. The summed E-state index contributed by atoms with van der Waals surface area (Å²) in [7, 11) is 0. The third-order valence-electron chi connectivity index (χ3n) is 12.3. The molecular weight excluding hydrogens is 803 g/mol. The summed E-state index contributed by atoms with van der Waals surface area (Å²) in [5, 5.41) is 3.87. The van der Waals surface area contributed by atoms with Crippen molar-refractivity contribution in [3.8, 4) is 44.5 Å². The predicted molar refractivity (Wildman–Crippen MR) is 262 cm³/mol. The molecule has 0 N–H and O–H groups in total. The fourth-order valence-corrected chi connectivity index (χ4v) is 9.10. The first-order valence-electron chi connectivity index (χ1n) is 21.5. The van der Waals surface area contributed by atoms with Gasteiger partial charge in [0, 0.05) is 23.1 Å². The number of carbonyl (C=O) groups excluding carboxylic acids is 2. The zero-order valence-corrected chi connectivity index (χ0v) is 35.3. The molecule has 65 heavy (non-hydrogen) atoms. The van der Waals surface area contributed by atoms with Crippen molar-refractivity contribution in [2.75, 3.05) is 0 Å². The van der Waals surface area contributed by atoms with Gasteiger partial charge < -0.3 is 0 Å². The largest absolute Gasteiger partial charge is 0.294 e. The Labute approximate surface area is 376 Å². The van der Waals surface area contributed by atoms with Gasteiger partial charge in [-0.2, -0.15) is 0 Å². The van der Waals surface area contributed by atoms with Crippen molar-refractivity contribution in [1.29, 1.82) is 0 Å². The molecule has 0 fully saturated rings. The van der Waals surface area contributed by atoms with Crippen LogP contribution in [0, 0.1) is 11.6 Å². The molecule has 0 aromatic heterocycles. The Morgan fingerprint density at radius 2 is 0.846 bits per heavy atom. The number of hydrogen-bond donors (Lipinski definition) is 0. The van der Waals surface area contributed by atoms with Crippen molar-refractivity contribution in [3.05, 3.63) is 270 Å². The van der Waals surface area contributed by atoms with Gasteiger partial charge in [-0.05, 0) is 143 Å². The highest BCUT2D eigenvalue weighted by Gasteiger charge is 2.24. The van der Waals surface area contributed by atoms with Crippen LogP contribution in [0.25, 0.3) is 71.6 Å². The highest BCUT2D eigenvalue weighted by molar-refractivity contribution is 6.18. The van der Waals surface area contributed by atoms with Gasteiger partial charge in [-0.1, -0.05) is 170 Å². The quantitative estimate of drug-likeness (QED) is 0.0960. The molecule has 0 bridgehead atoms. The van der Waals surface area contributed by atoms with Crippen LogP contribution >= 0.6 is 0 Å². The van der Waals surface area contributed by atoms with Crippen molar-refractivity contribution >= 4 is 38.7 Å². The molecule has 4 heteroatoms. The minimum absolute atomic E-state index is 0.0894. The van der Waals surface area contributed by atoms with Crippen molar-refractivity contribution in [2.24, 2.45) is 0 Å². The molecule has 310 valence electrons. The lowest BCUT2D eigenvalue weighted by Crippen LogP contribution is -2.08. The molecule has 0 heterocycles. The molecule has 10 aromatic rings. The predicted octanol–water partition coefficient (Wildman–Crippen LogP) is 15.7. The summed E-state index contributed by atoms with van der Waals surface area (Å²) in [6.45, 7) is 4.68. The van der Waals surface area contributed by atoms with Crippen molar-refractivity contribution < 1.29 is 18.4 Å². The van der Waals surface area contributed by atoms with Gasteiger partial charge in [0.05, 0.1) is 0 Å². The smallest absolute Gasteiger partial charge is 0.193 e. The van der Waals surface area contributed by atoms with E-state index in [0.717, 1.165) is 88.3 Å². The molecule has 0 amide bonds. The normalized spacial score (nSPS) is 11.2. The fraction of sp³-hybridized carbons (Fsp3) is 0.0164. The number of halogens is 2. The van der Waals surface area contributed by atoms with E-state index in [1.165, 1.54) is 36.4 Å². The average molecular weight is 843 g/mol. The van der Waals surface area contributed by atoms with E-state index < -0.39 is 11.6 Å². The summed E-state index contributed by atoms with van der Waals surface area (Å²) in [6.07, 6.45) is 0.0894. The van der Waals surface area contributed by atoms with Crippen LogP contribution in [0.15, 0.2) is 225 Å². The van der Waals surface area contributed by atoms with Crippen molar-refractivity contribution in [1.82, 2.24) is 0 Å². The van der Waals surface area contributed by atoms with E-state index in [4.69, 9.17) is 0 Å². The molecule has 0 atom stereocenters. The topological polar surface area (TPSA) is 34.1 Å². The maximum absolute atomic E-state index is 14.1. The van der Waals surface area contributed by atoms with Crippen LogP contribution in [0.3, 0.4) is 0 Å². The van der Waals surface area contributed by atoms with Crippen LogP contribution < -0.4 is 0 Å². The van der Waals surface area contributed by atoms with E-state index in [2.05, 4.69) is 97.6 Å². The number of rotatable bonds is 11. The summed E-state index contributed by atoms with van der Waals surface area (Å²) in [6, 6.07) is 68.9. The summed E-state index contributed by atoms with van der Waals surface area (Å²) >= 11 is 0. The Hall–Kier alpha value is -8.34. The van der Waals surface area contributed by atoms with E-state index in [1.807, 2.05) is 78.9 Å². The zero-order chi connectivity index (χ0) is 44.4. The zero-order valence-electron chi connectivity index (χ0n) is 35.3. The molecule has 10 rings (SSSR count).